The number of benzene rings is 1. The molecule has 4 rings (SSSR count). The summed E-state index contributed by atoms with van der Waals surface area (Å²) >= 11 is 17.8. The first-order valence-corrected chi connectivity index (χ1v) is 10.2. The van der Waals surface area contributed by atoms with E-state index >= 15 is 0 Å². The number of nitrogens with zero attached hydrogens (tertiary/aromatic N) is 5. The summed E-state index contributed by atoms with van der Waals surface area (Å²) in [4.78, 5) is 16.4. The number of rotatable bonds is 6. The minimum atomic E-state index is -4.70. The molecule has 1 saturated carbocycles. The van der Waals surface area contributed by atoms with Gasteiger partial charge in [0, 0.05) is 5.92 Å². The molecular formula is C18H14Cl3F3N6O. The highest BCUT2D eigenvalue weighted by atomic mass is 35.5. The summed E-state index contributed by atoms with van der Waals surface area (Å²) in [6, 6.07) is 5.11. The van der Waals surface area contributed by atoms with E-state index in [1.54, 1.807) is 18.2 Å². The van der Waals surface area contributed by atoms with Crippen LogP contribution in [0.5, 0.6) is 0 Å². The van der Waals surface area contributed by atoms with Crippen LogP contribution >= 0.6 is 34.8 Å². The van der Waals surface area contributed by atoms with E-state index in [9.17, 15) is 18.0 Å². The molecule has 2 aromatic heterocycles. The summed E-state index contributed by atoms with van der Waals surface area (Å²) in [7, 11) is 0. The molecule has 0 saturated heterocycles. The Kier molecular flexibility index (Phi) is 5.89. The van der Waals surface area contributed by atoms with Crippen molar-refractivity contribution in [2.75, 3.05) is 5.32 Å². The van der Waals surface area contributed by atoms with E-state index in [0.717, 1.165) is 10.2 Å². The average Bonchev–Trinajstić information content (AvgIpc) is 3.32. The third-order valence-electron chi connectivity index (χ3n) is 4.57. The fourth-order valence-electron chi connectivity index (χ4n) is 3.05. The Morgan fingerprint density at radius 3 is 2.55 bits per heavy atom. The topological polar surface area (TPSA) is 77.6 Å². The molecule has 0 atom stereocenters. The van der Waals surface area contributed by atoms with Gasteiger partial charge in [-0.25, -0.2) is 9.67 Å². The minimum Gasteiger partial charge on any atom is -0.292 e. The van der Waals surface area contributed by atoms with Gasteiger partial charge in [-0.2, -0.15) is 18.3 Å². The van der Waals surface area contributed by atoms with Crippen LogP contribution in [0.2, 0.25) is 15.1 Å². The number of hydrogen-bond acceptors (Lipinski definition) is 4. The molecule has 31 heavy (non-hydrogen) atoms. The molecule has 7 nitrogen and oxygen atoms in total. The van der Waals surface area contributed by atoms with Gasteiger partial charge in [-0.15, -0.1) is 5.10 Å². The summed E-state index contributed by atoms with van der Waals surface area (Å²) in [5.41, 5.74) is -0.146. The molecule has 1 fully saturated rings. The van der Waals surface area contributed by atoms with Gasteiger partial charge in [-0.05, 0) is 30.5 Å². The largest absolute Gasteiger partial charge is 0.436 e. The number of halogens is 6. The van der Waals surface area contributed by atoms with Crippen LogP contribution in [0.15, 0.2) is 24.5 Å². The highest BCUT2D eigenvalue weighted by Crippen LogP contribution is 2.46. The summed E-state index contributed by atoms with van der Waals surface area (Å²) in [5, 5.41) is 10.5. The Bertz CT molecular complexity index is 1140. The SMILES string of the molecule is O=C(Cn1nc(C(F)(F)F)c(Cl)c1C1CC1)Nc1ncn(Cc2ccc(Cl)c(Cl)c2)n1. The summed E-state index contributed by atoms with van der Waals surface area (Å²) in [5.74, 6) is -0.748. The zero-order valence-corrected chi connectivity index (χ0v) is 17.9. The van der Waals surface area contributed by atoms with Crippen LogP contribution < -0.4 is 5.32 Å². The lowest BCUT2D eigenvalue weighted by molar-refractivity contribution is -0.141. The van der Waals surface area contributed by atoms with Crippen LogP contribution in [-0.2, 0) is 24.1 Å². The van der Waals surface area contributed by atoms with E-state index in [0.29, 0.717) is 29.4 Å². The van der Waals surface area contributed by atoms with E-state index in [2.05, 4.69) is 20.5 Å². The molecule has 1 aliphatic rings. The van der Waals surface area contributed by atoms with Gasteiger partial charge in [-0.1, -0.05) is 40.9 Å². The molecule has 0 radical (unpaired) electrons. The van der Waals surface area contributed by atoms with Gasteiger partial charge in [0.2, 0.25) is 11.9 Å². The van der Waals surface area contributed by atoms with Crippen molar-refractivity contribution in [2.24, 2.45) is 0 Å². The van der Waals surface area contributed by atoms with Crippen molar-refractivity contribution < 1.29 is 18.0 Å². The number of anilines is 1. The van der Waals surface area contributed by atoms with Gasteiger partial charge in [0.25, 0.3) is 0 Å². The van der Waals surface area contributed by atoms with Crippen LogP contribution in [0, 0.1) is 0 Å². The molecule has 0 unspecified atom stereocenters. The van der Waals surface area contributed by atoms with Gasteiger partial charge < -0.3 is 0 Å². The molecule has 1 aliphatic carbocycles. The Hall–Kier alpha value is -2.30. The molecule has 2 heterocycles. The van der Waals surface area contributed by atoms with E-state index in [-0.39, 0.29) is 17.6 Å². The molecule has 0 spiro atoms. The van der Waals surface area contributed by atoms with Crippen molar-refractivity contribution >= 4 is 46.7 Å². The molecule has 1 N–H and O–H groups in total. The van der Waals surface area contributed by atoms with Gasteiger partial charge in [0.05, 0.1) is 27.3 Å². The first kappa shape index (κ1) is 21.9. The van der Waals surface area contributed by atoms with Crippen molar-refractivity contribution in [1.29, 1.82) is 0 Å². The fourth-order valence-corrected chi connectivity index (χ4v) is 3.77. The number of carbonyl (C=O) groups excluding carboxylic acids is 1. The Morgan fingerprint density at radius 2 is 1.90 bits per heavy atom. The number of nitrogens with one attached hydrogen (secondary N) is 1. The average molecular weight is 494 g/mol. The maximum Gasteiger partial charge on any atom is 0.436 e. The second kappa shape index (κ2) is 8.33. The quantitative estimate of drug-likeness (QED) is 0.523. The predicted octanol–water partition coefficient (Wildman–Crippen LogP) is 5.02. The summed E-state index contributed by atoms with van der Waals surface area (Å²) in [6.45, 7) is -0.113. The number of amides is 1. The van der Waals surface area contributed by atoms with Crippen LogP contribution in [0.3, 0.4) is 0 Å². The second-order valence-electron chi connectivity index (χ2n) is 7.04. The van der Waals surface area contributed by atoms with E-state index in [1.165, 1.54) is 11.0 Å². The summed E-state index contributed by atoms with van der Waals surface area (Å²) < 4.78 is 41.9. The molecule has 1 amide bonds. The molecule has 164 valence electrons. The predicted molar refractivity (Wildman–Crippen MR) is 108 cm³/mol. The standard InChI is InChI=1S/C18H14Cl3F3N6O/c19-11-4-1-9(5-12(11)20)6-29-8-25-17(28-29)26-13(31)7-30-15(10-2-3-10)14(21)16(27-30)18(22,23)24/h1,4-5,8,10H,2-3,6-7H2,(H,26,28,31). The molecule has 1 aromatic carbocycles. The zero-order chi connectivity index (χ0) is 22.3. The normalized spacial score (nSPS) is 14.1. The molecule has 3 aromatic rings. The Labute approximate surface area is 189 Å². The zero-order valence-electron chi connectivity index (χ0n) is 15.6. The lowest BCUT2D eigenvalue weighted by atomic mass is 10.2. The number of hydrogen-bond donors (Lipinski definition) is 1. The highest BCUT2D eigenvalue weighted by Gasteiger charge is 2.42. The van der Waals surface area contributed by atoms with Gasteiger partial charge >= 0.3 is 6.18 Å². The first-order valence-electron chi connectivity index (χ1n) is 9.08. The monoisotopic (exact) mass is 492 g/mol. The van der Waals surface area contributed by atoms with Gasteiger partial charge in [-0.3, -0.25) is 14.8 Å². The van der Waals surface area contributed by atoms with Crippen LogP contribution in [0.1, 0.15) is 35.7 Å². The minimum absolute atomic E-state index is 0.00679. The third-order valence-corrected chi connectivity index (χ3v) is 5.69. The molecule has 13 heteroatoms. The molecular weight excluding hydrogens is 480 g/mol. The van der Waals surface area contributed by atoms with Crippen molar-refractivity contribution in [3.8, 4) is 0 Å². The lowest BCUT2D eigenvalue weighted by Gasteiger charge is -2.06. The smallest absolute Gasteiger partial charge is 0.292 e. The number of alkyl halides is 3. The Balaban J connectivity index is 1.44. The van der Waals surface area contributed by atoms with Gasteiger partial charge in [0.1, 0.15) is 12.9 Å². The van der Waals surface area contributed by atoms with Crippen LogP contribution in [0.4, 0.5) is 19.1 Å². The number of carbonyl (C=O) groups is 1. The Morgan fingerprint density at radius 1 is 1.16 bits per heavy atom. The first-order chi connectivity index (χ1) is 14.6. The maximum absolute atomic E-state index is 13.1. The van der Waals surface area contributed by atoms with Crippen molar-refractivity contribution in [1.82, 2.24) is 24.5 Å². The van der Waals surface area contributed by atoms with Crippen molar-refractivity contribution in [3.63, 3.8) is 0 Å². The summed E-state index contributed by atoms with van der Waals surface area (Å²) in [6.07, 6.45) is -1.90. The van der Waals surface area contributed by atoms with E-state index in [4.69, 9.17) is 34.8 Å². The van der Waals surface area contributed by atoms with Crippen LogP contribution in [0.25, 0.3) is 0 Å². The fraction of sp³-hybridized carbons (Fsp3) is 0.333. The highest BCUT2D eigenvalue weighted by molar-refractivity contribution is 6.42. The third kappa shape index (κ3) is 4.97. The number of aromatic nitrogens is 5. The lowest BCUT2D eigenvalue weighted by Crippen LogP contribution is -2.22. The maximum atomic E-state index is 13.1. The second-order valence-corrected chi connectivity index (χ2v) is 8.23. The van der Waals surface area contributed by atoms with Crippen LogP contribution in [-0.4, -0.2) is 30.5 Å². The van der Waals surface area contributed by atoms with Crippen molar-refractivity contribution in [2.45, 2.75) is 38.0 Å². The van der Waals surface area contributed by atoms with Gasteiger partial charge in [0.15, 0.2) is 5.69 Å². The molecule has 0 bridgehead atoms. The van der Waals surface area contributed by atoms with E-state index < -0.39 is 29.3 Å². The van der Waals surface area contributed by atoms with E-state index in [1.807, 2.05) is 0 Å². The van der Waals surface area contributed by atoms with Crippen molar-refractivity contribution in [3.05, 3.63) is 56.5 Å². The molecule has 0 aliphatic heterocycles.